The lowest BCUT2D eigenvalue weighted by molar-refractivity contribution is 0.232. The molecule has 0 bridgehead atoms. The lowest BCUT2D eigenvalue weighted by Gasteiger charge is -2.18. The molecule has 0 aliphatic heterocycles. The summed E-state index contributed by atoms with van der Waals surface area (Å²) < 4.78 is 6.15. The Hall–Kier alpha value is -2.27. The lowest BCUT2D eigenvalue weighted by atomic mass is 9.97. The average Bonchev–Trinajstić information content (AvgIpc) is 2.64. The zero-order chi connectivity index (χ0) is 18.2. The Bertz CT molecular complexity index is 725. The maximum atomic E-state index is 8.95. The molecule has 132 valence electrons. The monoisotopic (exact) mass is 335 g/mol. The second-order valence-electron chi connectivity index (χ2n) is 6.85. The van der Waals surface area contributed by atoms with Crippen LogP contribution >= 0.6 is 0 Å². The standard InChI is InChI=1S/C23H29NO/c1-5-7-8-19(6-2)16-25-23-14-17(3)22(13-18(23)4)21-11-9-20(15-24)10-12-21/h9-14,19H,5-8,16H2,1-4H3. The van der Waals surface area contributed by atoms with Gasteiger partial charge in [0.2, 0.25) is 0 Å². The molecule has 0 aliphatic carbocycles. The second-order valence-corrected chi connectivity index (χ2v) is 6.85. The van der Waals surface area contributed by atoms with Crippen molar-refractivity contribution in [3.05, 3.63) is 53.1 Å². The molecule has 1 atom stereocenters. The predicted octanol–water partition coefficient (Wildman–Crippen LogP) is 6.44. The molecule has 0 amide bonds. The van der Waals surface area contributed by atoms with Gasteiger partial charge in [-0.15, -0.1) is 0 Å². The first-order valence-corrected chi connectivity index (χ1v) is 9.33. The van der Waals surface area contributed by atoms with E-state index in [0.717, 1.165) is 23.5 Å². The second kappa shape index (κ2) is 9.28. The number of nitrogens with zero attached hydrogens (tertiary/aromatic N) is 1. The Kier molecular flexibility index (Phi) is 7.07. The zero-order valence-electron chi connectivity index (χ0n) is 15.9. The Morgan fingerprint density at radius 2 is 1.76 bits per heavy atom. The van der Waals surface area contributed by atoms with Crippen LogP contribution in [0.5, 0.6) is 5.75 Å². The number of rotatable bonds is 8. The topological polar surface area (TPSA) is 33.0 Å². The summed E-state index contributed by atoms with van der Waals surface area (Å²) in [5.74, 6) is 1.63. The third-order valence-electron chi connectivity index (χ3n) is 4.86. The van der Waals surface area contributed by atoms with Crippen molar-refractivity contribution in [2.45, 2.75) is 53.4 Å². The number of ether oxygens (including phenoxy) is 1. The van der Waals surface area contributed by atoms with Gasteiger partial charge in [0.1, 0.15) is 5.75 Å². The first kappa shape index (κ1) is 19.1. The van der Waals surface area contributed by atoms with E-state index in [-0.39, 0.29) is 0 Å². The van der Waals surface area contributed by atoms with E-state index in [1.807, 2.05) is 24.3 Å². The molecule has 2 aromatic carbocycles. The Morgan fingerprint density at radius 3 is 2.36 bits per heavy atom. The molecule has 2 aromatic rings. The third-order valence-corrected chi connectivity index (χ3v) is 4.86. The van der Waals surface area contributed by atoms with E-state index in [1.54, 1.807) is 0 Å². The van der Waals surface area contributed by atoms with E-state index >= 15 is 0 Å². The number of hydrogen-bond donors (Lipinski definition) is 0. The van der Waals surface area contributed by atoms with Gasteiger partial charge in [0.05, 0.1) is 18.2 Å². The molecule has 0 spiro atoms. The van der Waals surface area contributed by atoms with Crippen molar-refractivity contribution in [3.8, 4) is 22.9 Å². The van der Waals surface area contributed by atoms with E-state index in [4.69, 9.17) is 10.00 Å². The van der Waals surface area contributed by atoms with E-state index in [1.165, 1.54) is 36.8 Å². The van der Waals surface area contributed by atoms with E-state index in [0.29, 0.717) is 11.5 Å². The van der Waals surface area contributed by atoms with Crippen molar-refractivity contribution in [2.75, 3.05) is 6.61 Å². The van der Waals surface area contributed by atoms with Crippen LogP contribution in [0.2, 0.25) is 0 Å². The number of nitriles is 1. The van der Waals surface area contributed by atoms with Gasteiger partial charge < -0.3 is 4.74 Å². The third kappa shape index (κ3) is 5.10. The van der Waals surface area contributed by atoms with E-state index in [2.05, 4.69) is 45.9 Å². The molecule has 0 saturated carbocycles. The van der Waals surface area contributed by atoms with Gasteiger partial charge in [-0.1, -0.05) is 45.2 Å². The van der Waals surface area contributed by atoms with Crippen LogP contribution in [-0.2, 0) is 0 Å². The molecule has 1 unspecified atom stereocenters. The van der Waals surface area contributed by atoms with Gasteiger partial charge in [0, 0.05) is 0 Å². The molecule has 25 heavy (non-hydrogen) atoms. The summed E-state index contributed by atoms with van der Waals surface area (Å²) in [7, 11) is 0. The Morgan fingerprint density at radius 1 is 1.04 bits per heavy atom. The van der Waals surface area contributed by atoms with Gasteiger partial charge in [-0.05, 0) is 72.7 Å². The van der Waals surface area contributed by atoms with Crippen LogP contribution in [0.3, 0.4) is 0 Å². The molecule has 2 nitrogen and oxygen atoms in total. The van der Waals surface area contributed by atoms with Crippen molar-refractivity contribution < 1.29 is 4.74 Å². The fourth-order valence-electron chi connectivity index (χ4n) is 3.09. The normalized spacial score (nSPS) is 11.8. The molecule has 0 heterocycles. The van der Waals surface area contributed by atoms with Crippen molar-refractivity contribution >= 4 is 0 Å². The van der Waals surface area contributed by atoms with Crippen molar-refractivity contribution in [2.24, 2.45) is 5.92 Å². The Labute approximate surface area is 152 Å². The molecule has 0 radical (unpaired) electrons. The first-order chi connectivity index (χ1) is 12.1. The summed E-state index contributed by atoms with van der Waals surface area (Å²) in [4.78, 5) is 0. The molecule has 0 fully saturated rings. The SMILES string of the molecule is CCCCC(CC)COc1cc(C)c(-c2ccc(C#N)cc2)cc1C. The molecule has 0 aliphatic rings. The minimum Gasteiger partial charge on any atom is -0.493 e. The summed E-state index contributed by atoms with van der Waals surface area (Å²) >= 11 is 0. The van der Waals surface area contributed by atoms with Gasteiger partial charge in [0.25, 0.3) is 0 Å². The minimum absolute atomic E-state index is 0.637. The average molecular weight is 335 g/mol. The highest BCUT2D eigenvalue weighted by molar-refractivity contribution is 5.70. The highest BCUT2D eigenvalue weighted by atomic mass is 16.5. The summed E-state index contributed by atoms with van der Waals surface area (Å²) in [6.45, 7) is 9.51. The van der Waals surface area contributed by atoms with Crippen LogP contribution in [0.15, 0.2) is 36.4 Å². The van der Waals surface area contributed by atoms with Gasteiger partial charge >= 0.3 is 0 Å². The first-order valence-electron chi connectivity index (χ1n) is 9.33. The largest absolute Gasteiger partial charge is 0.493 e. The zero-order valence-corrected chi connectivity index (χ0v) is 15.9. The highest BCUT2D eigenvalue weighted by Crippen LogP contribution is 2.31. The van der Waals surface area contributed by atoms with Crippen LogP contribution in [0.25, 0.3) is 11.1 Å². The van der Waals surface area contributed by atoms with E-state index in [9.17, 15) is 0 Å². The van der Waals surface area contributed by atoms with Crippen molar-refractivity contribution in [3.63, 3.8) is 0 Å². The van der Waals surface area contributed by atoms with Crippen LogP contribution in [0, 0.1) is 31.1 Å². The van der Waals surface area contributed by atoms with Gasteiger partial charge in [-0.25, -0.2) is 0 Å². The quantitative estimate of drug-likeness (QED) is 0.556. The van der Waals surface area contributed by atoms with Crippen molar-refractivity contribution in [1.29, 1.82) is 5.26 Å². The summed E-state index contributed by atoms with van der Waals surface area (Å²) in [5.41, 5.74) is 5.39. The maximum absolute atomic E-state index is 8.95. The summed E-state index contributed by atoms with van der Waals surface area (Å²) in [6.07, 6.45) is 4.93. The number of hydrogen-bond acceptors (Lipinski definition) is 2. The van der Waals surface area contributed by atoms with Gasteiger partial charge in [0.15, 0.2) is 0 Å². The summed E-state index contributed by atoms with van der Waals surface area (Å²) in [5, 5.41) is 8.95. The fraction of sp³-hybridized carbons (Fsp3) is 0.435. The van der Waals surface area contributed by atoms with Crippen LogP contribution in [0.1, 0.15) is 56.2 Å². The predicted molar refractivity (Wildman–Crippen MR) is 105 cm³/mol. The smallest absolute Gasteiger partial charge is 0.122 e. The minimum atomic E-state index is 0.637. The van der Waals surface area contributed by atoms with Gasteiger partial charge in [-0.2, -0.15) is 5.26 Å². The molecule has 0 saturated heterocycles. The molecular formula is C23H29NO. The van der Waals surface area contributed by atoms with Crippen LogP contribution in [-0.4, -0.2) is 6.61 Å². The Balaban J connectivity index is 2.14. The van der Waals surface area contributed by atoms with E-state index < -0.39 is 0 Å². The lowest BCUT2D eigenvalue weighted by Crippen LogP contribution is -2.12. The highest BCUT2D eigenvalue weighted by Gasteiger charge is 2.11. The maximum Gasteiger partial charge on any atom is 0.122 e. The number of aryl methyl sites for hydroxylation is 2. The van der Waals surface area contributed by atoms with Gasteiger partial charge in [-0.3, -0.25) is 0 Å². The van der Waals surface area contributed by atoms with Crippen molar-refractivity contribution in [1.82, 2.24) is 0 Å². The molecule has 0 N–H and O–H groups in total. The number of unbranched alkanes of at least 4 members (excludes halogenated alkanes) is 1. The molecule has 2 rings (SSSR count). The van der Waals surface area contributed by atoms with Crippen LogP contribution < -0.4 is 4.74 Å². The molecule has 2 heteroatoms. The number of benzene rings is 2. The van der Waals surface area contributed by atoms with Crippen LogP contribution in [0.4, 0.5) is 0 Å². The summed E-state index contributed by atoms with van der Waals surface area (Å²) in [6, 6.07) is 14.3. The molecule has 0 aromatic heterocycles. The fourth-order valence-corrected chi connectivity index (χ4v) is 3.09. The molecular weight excluding hydrogens is 306 g/mol.